The molecule has 8 aromatic rings. The van der Waals surface area contributed by atoms with Crippen LogP contribution in [0.25, 0.3) is 0 Å². The van der Waals surface area contributed by atoms with E-state index in [9.17, 15) is 57.5 Å². The van der Waals surface area contributed by atoms with Crippen LogP contribution >= 0.6 is 62.3 Å². The van der Waals surface area contributed by atoms with Gasteiger partial charge in [0.2, 0.25) is 0 Å². The largest absolute Gasteiger partial charge is 0.444 e. The summed E-state index contributed by atoms with van der Waals surface area (Å²) in [6, 6.07) is 11.6. The number of rotatable bonds is 8. The summed E-state index contributed by atoms with van der Waals surface area (Å²) >= 11 is 28.4. The van der Waals surface area contributed by atoms with Gasteiger partial charge in [-0.25, -0.2) is 59.0 Å². The summed E-state index contributed by atoms with van der Waals surface area (Å²) in [6.07, 6.45) is 6.72. The molecule has 4 fully saturated rings. The van der Waals surface area contributed by atoms with Crippen LogP contribution in [0, 0.1) is 0 Å². The van der Waals surface area contributed by atoms with Crippen LogP contribution in [0.15, 0.2) is 97.5 Å². The minimum absolute atomic E-state index is 0.0490. The van der Waals surface area contributed by atoms with Gasteiger partial charge in [-0.2, -0.15) is 0 Å². The molecule has 16 heterocycles. The molecule has 16 rings (SSSR count). The monoisotopic (exact) mass is 1920 g/mol. The first-order chi connectivity index (χ1) is 60.5. The number of aromatic nitrogens is 12. The lowest BCUT2D eigenvalue weighted by Crippen LogP contribution is -2.56. The summed E-state index contributed by atoms with van der Waals surface area (Å²) in [4.78, 5) is 185. The highest BCUT2D eigenvalue weighted by atomic mass is 79.9. The Morgan fingerprint density at radius 1 is 0.364 bits per heavy atom. The van der Waals surface area contributed by atoms with E-state index in [1.807, 2.05) is 20.8 Å². The first-order valence-corrected chi connectivity index (χ1v) is 42.8. The Bertz CT molecular complexity index is 5850. The van der Waals surface area contributed by atoms with Crippen molar-refractivity contribution < 1.29 is 57.3 Å². The zero-order valence-electron chi connectivity index (χ0n) is 72.2. The number of nitrogens with one attached hydrogen (secondary N) is 11. The number of pyridine rings is 4. The van der Waals surface area contributed by atoms with Gasteiger partial charge in [-0.3, -0.25) is 67.3 Å². The first kappa shape index (κ1) is 95.5. The third kappa shape index (κ3) is 22.1. The molecule has 17 N–H and O–H groups in total. The van der Waals surface area contributed by atoms with Gasteiger partial charge in [0.1, 0.15) is 157 Å². The van der Waals surface area contributed by atoms with Crippen molar-refractivity contribution in [2.45, 2.75) is 180 Å². The molecule has 0 bridgehead atoms. The quantitative estimate of drug-likeness (QED) is 0.0632. The van der Waals surface area contributed by atoms with Crippen molar-refractivity contribution in [3.05, 3.63) is 163 Å². The number of nitrogen functional groups attached to an aromatic ring is 3. The van der Waals surface area contributed by atoms with Crippen molar-refractivity contribution in [1.82, 2.24) is 99.8 Å². The van der Waals surface area contributed by atoms with Gasteiger partial charge in [-0.05, 0) is 149 Å². The summed E-state index contributed by atoms with van der Waals surface area (Å²) in [5.74, 6) is 0.744. The van der Waals surface area contributed by atoms with Gasteiger partial charge < -0.3 is 93.8 Å². The number of anilines is 11. The number of halogens is 5. The molecule has 0 aromatic carbocycles. The maximum atomic E-state index is 13.7. The number of likely N-dealkylation sites (tertiary alicyclic amines) is 2. The Morgan fingerprint density at radius 3 is 0.922 bits per heavy atom. The van der Waals surface area contributed by atoms with Crippen molar-refractivity contribution in [1.29, 1.82) is 0 Å². The van der Waals surface area contributed by atoms with Gasteiger partial charge in [-0.15, -0.1) is 0 Å². The molecule has 4 spiro atoms. The fraction of sp³-hybridized carbons (Fsp3) is 0.450. The number of hydrogen-bond acceptors (Lipinski definition) is 32. The third-order valence-corrected chi connectivity index (χ3v) is 22.4. The highest BCUT2D eigenvalue weighted by Gasteiger charge is 2.52. The summed E-state index contributed by atoms with van der Waals surface area (Å²) in [7, 11) is 0. The minimum Gasteiger partial charge on any atom is -0.444 e. The fourth-order valence-electron chi connectivity index (χ4n) is 15.3. The zero-order chi connectivity index (χ0) is 94.0. The minimum atomic E-state index is -1.06. The Morgan fingerprint density at radius 2 is 0.620 bits per heavy atom. The summed E-state index contributed by atoms with van der Waals surface area (Å²) in [5, 5.41) is 32.6. The van der Waals surface area contributed by atoms with Crippen molar-refractivity contribution in [3.63, 3.8) is 0 Å². The predicted molar refractivity (Wildman–Crippen MR) is 482 cm³/mol. The number of carbonyl (C=O) groups excluding carboxylic acids is 8. The Kier molecular flexibility index (Phi) is 27.9. The smallest absolute Gasteiger partial charge is 0.413 e. The van der Waals surface area contributed by atoms with Crippen LogP contribution in [0.5, 0.6) is 0 Å². The highest BCUT2D eigenvalue weighted by molar-refractivity contribution is 9.10. The lowest BCUT2D eigenvalue weighted by atomic mass is 9.97. The molecule has 8 aliphatic heterocycles. The Hall–Kier alpha value is -12.6. The Balaban J connectivity index is 0.000000150. The summed E-state index contributed by atoms with van der Waals surface area (Å²) < 4.78 is 27.1. The highest BCUT2D eigenvalue weighted by Crippen LogP contribution is 2.41. The number of nitrogens with zero attached hydrogens (tertiary/aromatic N) is 14. The van der Waals surface area contributed by atoms with Crippen LogP contribution in [0.1, 0.15) is 176 Å². The first-order valence-electron chi connectivity index (χ1n) is 40.5. The van der Waals surface area contributed by atoms with Gasteiger partial charge in [-0.1, -0.05) is 46.4 Å². The molecule has 8 aliphatic rings. The number of amides is 8. The molecule has 44 nitrogen and oxygen atoms in total. The van der Waals surface area contributed by atoms with Gasteiger partial charge >= 0.3 is 24.4 Å². The van der Waals surface area contributed by atoms with Crippen molar-refractivity contribution in [2.75, 3.05) is 96.1 Å². The normalized spacial score (nSPS) is 16.9. The molecule has 129 heavy (non-hydrogen) atoms. The topological polar surface area (TPSA) is 581 Å². The molecule has 8 aromatic heterocycles. The second kappa shape index (κ2) is 37.6. The van der Waals surface area contributed by atoms with Gasteiger partial charge in [0.15, 0.2) is 0 Å². The molecule has 0 saturated carbocycles. The van der Waals surface area contributed by atoms with E-state index in [2.05, 4.69) is 114 Å². The van der Waals surface area contributed by atoms with Crippen molar-refractivity contribution in [2.24, 2.45) is 0 Å². The summed E-state index contributed by atoms with van der Waals surface area (Å²) in [5.41, 5.74) is 10.5. The number of fused-ring (bicyclic) bond motifs is 8. The molecule has 0 unspecified atom stereocenters. The molecule has 688 valence electrons. The second-order valence-corrected chi connectivity index (χ2v) is 37.3. The van der Waals surface area contributed by atoms with E-state index in [1.165, 1.54) is 92.1 Å². The van der Waals surface area contributed by atoms with Crippen LogP contribution < -0.4 is 97.9 Å². The van der Waals surface area contributed by atoms with Crippen LogP contribution in [0.2, 0.25) is 20.1 Å². The zero-order valence-corrected chi connectivity index (χ0v) is 76.8. The molecule has 49 heteroatoms. The maximum Gasteiger partial charge on any atom is 0.413 e. The molecule has 4 saturated heterocycles. The Labute approximate surface area is 764 Å². The van der Waals surface area contributed by atoms with E-state index < -0.39 is 80.9 Å². The maximum absolute atomic E-state index is 13.7. The summed E-state index contributed by atoms with van der Waals surface area (Å²) in [6.45, 7) is 25.4. The van der Waals surface area contributed by atoms with E-state index in [-0.39, 0.29) is 149 Å². The molecular formula is C80H97BrCl4N28O16. The van der Waals surface area contributed by atoms with Crippen molar-refractivity contribution in [3.8, 4) is 0 Å². The second-order valence-electron chi connectivity index (χ2n) is 34.8. The lowest BCUT2D eigenvalue weighted by molar-refractivity contribution is 0.00821. The van der Waals surface area contributed by atoms with Gasteiger partial charge in [0, 0.05) is 102 Å². The number of ether oxygens (including phenoxy) is 4. The van der Waals surface area contributed by atoms with Crippen LogP contribution in [-0.2, 0) is 41.6 Å². The van der Waals surface area contributed by atoms with Gasteiger partial charge in [0.25, 0.3) is 45.9 Å². The number of hydrogen-bond donors (Lipinski definition) is 14. The third-order valence-electron chi connectivity index (χ3n) is 20.7. The van der Waals surface area contributed by atoms with E-state index in [4.69, 9.17) is 82.6 Å². The predicted octanol–water partition coefficient (Wildman–Crippen LogP) is 8.70. The SMILES string of the molecule is CC(C)(C)OC(=O)N1CCC2(CC1)NC(=O)c1c(Cl)cc(Br)c(=O)n12.CC(C)(C)OC(=O)Nc1cc(N)ncn1.CC(C)(C)OC(=O)Nc1cc(Nc2cc(Cl)c3n(c2=O)C2(CCN(C(=O)OC(C)(C)C)CC2)NC3=O)ncn1.Nc1cc(Nc2cc(Cl)c3n(c2=O)C2(CCNCC2)NC3=O)ncn1.Nc1cc(Nc2cc(Cl)c3n(c2=O)C2(CCNCC2)NC3=O)ncn1. The van der Waals surface area contributed by atoms with E-state index in [0.717, 1.165) is 0 Å². The average molecular weight is 1930 g/mol. The number of nitrogens with two attached hydrogens (primary N) is 3. The van der Waals surface area contributed by atoms with E-state index >= 15 is 0 Å². The fourth-order valence-corrected chi connectivity index (χ4v) is 16.9. The van der Waals surface area contributed by atoms with Crippen molar-refractivity contribution >= 4 is 174 Å². The number of carbonyl (C=O) groups is 8. The van der Waals surface area contributed by atoms with Crippen LogP contribution in [-0.4, -0.2) is 191 Å². The molecule has 0 atom stereocenters. The molecular weight excluding hydrogens is 1830 g/mol. The van der Waals surface area contributed by atoms with Crippen LogP contribution in [0.3, 0.4) is 0 Å². The van der Waals surface area contributed by atoms with E-state index in [0.29, 0.717) is 99.7 Å². The lowest BCUT2D eigenvalue weighted by Gasteiger charge is -2.40. The molecule has 8 amide bonds. The van der Waals surface area contributed by atoms with Gasteiger partial charge in [0.05, 0.1) is 24.6 Å². The number of piperidine rings is 4. The molecule has 0 aliphatic carbocycles. The average Bonchev–Trinajstić information content (AvgIpc) is 1.59. The molecule has 0 radical (unpaired) electrons. The van der Waals surface area contributed by atoms with Crippen LogP contribution in [0.4, 0.5) is 82.8 Å². The van der Waals surface area contributed by atoms with E-state index in [1.54, 1.807) is 72.1 Å². The standard InChI is InChI=1S/C25H32ClN7O6.C16H19BrClN3O4.2C15H16ClN7O2.C9H14N4O2/c1-23(2,3)38-21(36)30-17-12-16(27-13-28-17)29-15-11-14(26)18-19(34)31-25(33(18)20(15)35)7-9-32(10-8-25)22(37)39-24(4,5)6;1-15(2,3)25-14(24)20-6-4-16(5-7-20)19-12(22)11-10(18)8-9(17)13(23)21(11)16;2*16-8-5-9(21-11-6-10(17)19-7-20-11)14(25)23-12(8)13(24)22-15(23)1-3-18-4-2-15;1-9(2,3)15-8(14)13-7-4-6(10)11-5-12-7/h11-13H,7-10H2,1-6H3,(H,31,34)(H2,27,28,29,30,36);8H,4-7H2,1-3H3,(H,19,22);2*5-7,18H,1-4H2,(H,22,24)(H3,17,19,20,21);4-5H,1-3H3,(H3,10,11,12,13,14).